The molecule has 2 heterocycles. The molecule has 0 atom stereocenters. The quantitative estimate of drug-likeness (QED) is 0.905. The van der Waals surface area contributed by atoms with Crippen molar-refractivity contribution >= 4 is 17.5 Å². The Labute approximate surface area is 132 Å². The van der Waals surface area contributed by atoms with Gasteiger partial charge in [-0.25, -0.2) is 9.37 Å². The molecule has 0 saturated carbocycles. The summed E-state index contributed by atoms with van der Waals surface area (Å²) in [5.41, 5.74) is 0.631. The molecule has 1 aromatic carbocycles. The van der Waals surface area contributed by atoms with Gasteiger partial charge in [-0.2, -0.15) is 0 Å². The van der Waals surface area contributed by atoms with Gasteiger partial charge in [0.1, 0.15) is 17.3 Å². The molecule has 0 bridgehead atoms. The van der Waals surface area contributed by atoms with E-state index in [1.165, 1.54) is 12.1 Å². The number of nitrogens with one attached hydrogen (secondary N) is 2. The summed E-state index contributed by atoms with van der Waals surface area (Å²) in [6.45, 7) is 2.53. The molecular formula is C15H16ClFN4O. The van der Waals surface area contributed by atoms with Gasteiger partial charge in [0.05, 0.1) is 0 Å². The molecule has 2 aromatic rings. The first-order chi connectivity index (χ1) is 10.6. The number of imidazole rings is 1. The largest absolute Gasteiger partial charge is 0.346 e. The molecule has 0 saturated heterocycles. The number of hydrogen-bond donors (Lipinski definition) is 2. The minimum Gasteiger partial charge on any atom is -0.346 e. The molecule has 1 aliphatic rings. The van der Waals surface area contributed by atoms with Crippen LogP contribution in [0.1, 0.15) is 21.9 Å². The van der Waals surface area contributed by atoms with Gasteiger partial charge in [0.15, 0.2) is 0 Å². The number of rotatable bonds is 3. The fourth-order valence-electron chi connectivity index (χ4n) is 2.44. The molecule has 22 heavy (non-hydrogen) atoms. The fourth-order valence-corrected chi connectivity index (χ4v) is 2.67. The first-order valence-electron chi connectivity index (χ1n) is 7.13. The van der Waals surface area contributed by atoms with Crippen LogP contribution >= 0.6 is 11.6 Å². The van der Waals surface area contributed by atoms with Gasteiger partial charge in [0.25, 0.3) is 5.91 Å². The highest BCUT2D eigenvalue weighted by Crippen LogP contribution is 2.18. The maximum Gasteiger partial charge on any atom is 0.271 e. The Morgan fingerprint density at radius 1 is 1.45 bits per heavy atom. The van der Waals surface area contributed by atoms with Gasteiger partial charge in [-0.15, -0.1) is 0 Å². The highest BCUT2D eigenvalue weighted by atomic mass is 35.5. The van der Waals surface area contributed by atoms with E-state index in [1.54, 1.807) is 12.3 Å². The van der Waals surface area contributed by atoms with Crippen molar-refractivity contribution < 1.29 is 9.18 Å². The SMILES string of the molecule is O=C(NCc1c(F)cccc1Cl)c1cn2c(n1)CCNCC2. The minimum atomic E-state index is -0.431. The van der Waals surface area contributed by atoms with Crippen molar-refractivity contribution in [3.05, 3.63) is 52.3 Å². The molecule has 1 aromatic heterocycles. The molecule has 1 aliphatic heterocycles. The van der Waals surface area contributed by atoms with E-state index in [2.05, 4.69) is 15.6 Å². The van der Waals surface area contributed by atoms with Crippen LogP contribution in [0, 0.1) is 5.82 Å². The lowest BCUT2D eigenvalue weighted by molar-refractivity contribution is 0.0946. The van der Waals surface area contributed by atoms with Crippen molar-refractivity contribution in [2.75, 3.05) is 13.1 Å². The zero-order valence-corrected chi connectivity index (χ0v) is 12.7. The number of fused-ring (bicyclic) bond motifs is 1. The average molecular weight is 323 g/mol. The van der Waals surface area contributed by atoms with Crippen LogP contribution in [0.2, 0.25) is 5.02 Å². The summed E-state index contributed by atoms with van der Waals surface area (Å²) >= 11 is 5.94. The second kappa shape index (κ2) is 6.46. The lowest BCUT2D eigenvalue weighted by Gasteiger charge is -2.06. The number of carbonyl (C=O) groups is 1. The van der Waals surface area contributed by atoms with Crippen molar-refractivity contribution in [1.82, 2.24) is 20.2 Å². The third-order valence-electron chi connectivity index (χ3n) is 3.63. The number of amides is 1. The number of benzene rings is 1. The Bertz CT molecular complexity index is 657. The molecule has 0 fully saturated rings. The minimum absolute atomic E-state index is 0.0358. The molecule has 5 nitrogen and oxygen atoms in total. The third-order valence-corrected chi connectivity index (χ3v) is 3.99. The summed E-state index contributed by atoms with van der Waals surface area (Å²) < 4.78 is 15.6. The van der Waals surface area contributed by atoms with Crippen LogP contribution in [0.4, 0.5) is 4.39 Å². The summed E-state index contributed by atoms with van der Waals surface area (Å²) in [7, 11) is 0. The summed E-state index contributed by atoms with van der Waals surface area (Å²) in [6.07, 6.45) is 2.52. The molecule has 116 valence electrons. The van der Waals surface area contributed by atoms with Gasteiger partial charge >= 0.3 is 0 Å². The topological polar surface area (TPSA) is 59.0 Å². The highest BCUT2D eigenvalue weighted by Gasteiger charge is 2.16. The third kappa shape index (κ3) is 3.13. The zero-order chi connectivity index (χ0) is 15.5. The Morgan fingerprint density at radius 2 is 2.32 bits per heavy atom. The summed E-state index contributed by atoms with van der Waals surface area (Å²) in [5, 5.41) is 6.24. The zero-order valence-electron chi connectivity index (χ0n) is 11.9. The van der Waals surface area contributed by atoms with E-state index in [-0.39, 0.29) is 18.0 Å². The van der Waals surface area contributed by atoms with E-state index in [9.17, 15) is 9.18 Å². The van der Waals surface area contributed by atoms with Gasteiger partial charge in [-0.1, -0.05) is 17.7 Å². The lowest BCUT2D eigenvalue weighted by atomic mass is 10.2. The number of carbonyl (C=O) groups excluding carboxylic acids is 1. The van der Waals surface area contributed by atoms with E-state index in [0.717, 1.165) is 31.9 Å². The average Bonchev–Trinajstić information content (AvgIpc) is 2.78. The molecule has 0 aliphatic carbocycles. The number of nitrogens with zero attached hydrogens (tertiary/aromatic N) is 2. The van der Waals surface area contributed by atoms with Crippen LogP contribution in [-0.2, 0) is 19.5 Å². The Balaban J connectivity index is 1.70. The van der Waals surface area contributed by atoms with Crippen LogP contribution in [0.5, 0.6) is 0 Å². The maximum absolute atomic E-state index is 13.7. The monoisotopic (exact) mass is 322 g/mol. The number of halogens is 2. The molecule has 7 heteroatoms. The molecule has 2 N–H and O–H groups in total. The second-order valence-electron chi connectivity index (χ2n) is 5.12. The van der Waals surface area contributed by atoms with Crippen LogP contribution in [0.15, 0.2) is 24.4 Å². The van der Waals surface area contributed by atoms with Crippen molar-refractivity contribution in [1.29, 1.82) is 0 Å². The standard InChI is InChI=1S/C15H16ClFN4O/c16-11-2-1-3-12(17)10(11)8-19-15(22)13-9-21-7-6-18-5-4-14(21)20-13/h1-3,9,18H,4-8H2,(H,19,22). The van der Waals surface area contributed by atoms with Gasteiger partial charge in [0.2, 0.25) is 0 Å². The number of aromatic nitrogens is 2. The van der Waals surface area contributed by atoms with Crippen LogP contribution < -0.4 is 10.6 Å². The van der Waals surface area contributed by atoms with Crippen LogP contribution in [0.3, 0.4) is 0 Å². The molecule has 0 unspecified atom stereocenters. The van der Waals surface area contributed by atoms with E-state index in [1.807, 2.05) is 4.57 Å². The van der Waals surface area contributed by atoms with Gasteiger partial charge in [-0.3, -0.25) is 4.79 Å². The molecule has 1 amide bonds. The van der Waals surface area contributed by atoms with Crippen molar-refractivity contribution in [3.63, 3.8) is 0 Å². The van der Waals surface area contributed by atoms with Crippen molar-refractivity contribution in [3.8, 4) is 0 Å². The number of hydrogen-bond acceptors (Lipinski definition) is 3. The highest BCUT2D eigenvalue weighted by molar-refractivity contribution is 6.31. The Hall–Kier alpha value is -1.92. The van der Waals surface area contributed by atoms with Gasteiger partial charge < -0.3 is 15.2 Å². The Morgan fingerprint density at radius 3 is 3.14 bits per heavy atom. The van der Waals surface area contributed by atoms with Crippen molar-refractivity contribution in [2.24, 2.45) is 0 Å². The Kier molecular flexibility index (Phi) is 4.40. The maximum atomic E-state index is 13.7. The molecule has 0 radical (unpaired) electrons. The van der Waals surface area contributed by atoms with E-state index < -0.39 is 5.82 Å². The molecule has 3 rings (SSSR count). The molecule has 0 spiro atoms. The van der Waals surface area contributed by atoms with Gasteiger partial charge in [0, 0.05) is 49.4 Å². The predicted molar refractivity (Wildman–Crippen MR) is 81.4 cm³/mol. The summed E-state index contributed by atoms with van der Waals surface area (Å²) in [4.78, 5) is 16.5. The predicted octanol–water partition coefficient (Wildman–Crippen LogP) is 1.75. The smallest absolute Gasteiger partial charge is 0.271 e. The van der Waals surface area contributed by atoms with Crippen LogP contribution in [0.25, 0.3) is 0 Å². The molecular weight excluding hydrogens is 307 g/mol. The summed E-state index contributed by atoms with van der Waals surface area (Å²) in [5.74, 6) is 0.131. The van der Waals surface area contributed by atoms with Crippen LogP contribution in [-0.4, -0.2) is 28.5 Å². The first kappa shape index (κ1) is 15.0. The fraction of sp³-hybridized carbons (Fsp3) is 0.333. The normalized spacial score (nSPS) is 14.3. The van der Waals surface area contributed by atoms with E-state index in [4.69, 9.17) is 11.6 Å². The van der Waals surface area contributed by atoms with E-state index >= 15 is 0 Å². The van der Waals surface area contributed by atoms with Crippen molar-refractivity contribution in [2.45, 2.75) is 19.5 Å². The van der Waals surface area contributed by atoms with Gasteiger partial charge in [-0.05, 0) is 12.1 Å². The first-order valence-corrected chi connectivity index (χ1v) is 7.51. The van der Waals surface area contributed by atoms with E-state index in [0.29, 0.717) is 10.7 Å². The lowest BCUT2D eigenvalue weighted by Crippen LogP contribution is -2.24. The summed E-state index contributed by atoms with van der Waals surface area (Å²) in [6, 6.07) is 4.45. The second-order valence-corrected chi connectivity index (χ2v) is 5.53.